The number of pyridine rings is 1. The molecule has 3 aromatic carbocycles. The van der Waals surface area contributed by atoms with Crippen LogP contribution in [0.1, 0.15) is 10.5 Å². The molecule has 0 spiro atoms. The zero-order valence-corrected chi connectivity index (χ0v) is 22.2. The molecule has 2 aromatic heterocycles. The molecule has 11 heteroatoms. The number of rotatable bonds is 7. The summed E-state index contributed by atoms with van der Waals surface area (Å²) in [6.07, 6.45) is 2.60. The average molecular weight is 560 g/mol. The topological polar surface area (TPSA) is 123 Å². The Balaban J connectivity index is 1.36. The number of halogens is 1. The molecule has 0 bridgehead atoms. The van der Waals surface area contributed by atoms with Crippen molar-refractivity contribution in [1.82, 2.24) is 14.8 Å². The minimum atomic E-state index is -3.41. The molecule has 5 aromatic rings. The van der Waals surface area contributed by atoms with Crippen molar-refractivity contribution in [3.8, 4) is 11.1 Å². The van der Waals surface area contributed by atoms with E-state index >= 15 is 0 Å². The van der Waals surface area contributed by atoms with E-state index in [0.717, 1.165) is 0 Å². The molecule has 2 heterocycles. The summed E-state index contributed by atoms with van der Waals surface area (Å²) in [5.41, 5.74) is 2.56. The van der Waals surface area contributed by atoms with E-state index in [2.05, 4.69) is 20.7 Å². The third-order valence-corrected chi connectivity index (χ3v) is 7.28. The first-order valence-electron chi connectivity index (χ1n) is 11.8. The summed E-state index contributed by atoms with van der Waals surface area (Å²) in [6, 6.07) is 24.0. The number of sulfone groups is 1. The van der Waals surface area contributed by atoms with Crippen LogP contribution < -0.4 is 10.6 Å². The van der Waals surface area contributed by atoms with Crippen molar-refractivity contribution in [2.45, 2.75) is 11.4 Å². The molecule has 0 atom stereocenters. The first kappa shape index (κ1) is 26.1. The highest BCUT2D eigenvalue weighted by molar-refractivity contribution is 7.90. The third-order valence-electron chi connectivity index (χ3n) is 5.90. The van der Waals surface area contributed by atoms with E-state index in [9.17, 15) is 18.0 Å². The van der Waals surface area contributed by atoms with Gasteiger partial charge in [0.15, 0.2) is 15.5 Å². The Morgan fingerprint density at radius 3 is 2.33 bits per heavy atom. The Morgan fingerprint density at radius 1 is 0.897 bits per heavy atom. The van der Waals surface area contributed by atoms with Crippen LogP contribution in [0.3, 0.4) is 0 Å². The highest BCUT2D eigenvalue weighted by atomic mass is 35.5. The Hall–Kier alpha value is -4.54. The van der Waals surface area contributed by atoms with Crippen LogP contribution in [0.25, 0.3) is 22.0 Å². The molecule has 2 N–H and O–H groups in total. The van der Waals surface area contributed by atoms with Gasteiger partial charge in [-0.05, 0) is 42.0 Å². The van der Waals surface area contributed by atoms with Gasteiger partial charge in [-0.25, -0.2) is 13.4 Å². The summed E-state index contributed by atoms with van der Waals surface area (Å²) in [5, 5.41) is 11.0. The molecule has 0 radical (unpaired) electrons. The van der Waals surface area contributed by atoms with Crippen molar-refractivity contribution in [2.75, 3.05) is 16.9 Å². The molecule has 5 rings (SSSR count). The summed E-state index contributed by atoms with van der Waals surface area (Å²) >= 11 is 5.84. The van der Waals surface area contributed by atoms with Crippen molar-refractivity contribution in [1.29, 1.82) is 0 Å². The van der Waals surface area contributed by atoms with Crippen LogP contribution >= 0.6 is 11.6 Å². The number of anilines is 2. The van der Waals surface area contributed by atoms with Gasteiger partial charge >= 0.3 is 0 Å². The molecule has 196 valence electrons. The van der Waals surface area contributed by atoms with Gasteiger partial charge < -0.3 is 10.6 Å². The number of nitrogens with one attached hydrogen (secondary N) is 2. The Morgan fingerprint density at radius 2 is 1.62 bits per heavy atom. The van der Waals surface area contributed by atoms with E-state index < -0.39 is 15.7 Å². The van der Waals surface area contributed by atoms with E-state index in [-0.39, 0.29) is 23.0 Å². The Kier molecular flexibility index (Phi) is 7.14. The van der Waals surface area contributed by atoms with Crippen molar-refractivity contribution in [2.24, 2.45) is 0 Å². The summed E-state index contributed by atoms with van der Waals surface area (Å²) in [4.78, 5) is 30.1. The SMILES string of the molecule is CS(=O)(=O)c1ccccc1-c1ccc(NC(=O)c2nn(CC(=O)Nc3ccc(Cl)cn3)c3ccccc23)cc1. The van der Waals surface area contributed by atoms with Crippen LogP contribution in [0.2, 0.25) is 5.02 Å². The number of amides is 2. The smallest absolute Gasteiger partial charge is 0.276 e. The lowest BCUT2D eigenvalue weighted by atomic mass is 10.1. The molecule has 0 saturated heterocycles. The van der Waals surface area contributed by atoms with Gasteiger partial charge in [-0.1, -0.05) is 60.1 Å². The van der Waals surface area contributed by atoms with Gasteiger partial charge in [-0.2, -0.15) is 5.10 Å². The van der Waals surface area contributed by atoms with Crippen LogP contribution in [-0.4, -0.2) is 41.3 Å². The zero-order chi connectivity index (χ0) is 27.6. The quantitative estimate of drug-likeness (QED) is 0.288. The number of para-hydroxylation sites is 1. The van der Waals surface area contributed by atoms with Crippen LogP contribution in [0.4, 0.5) is 11.5 Å². The second-order valence-electron chi connectivity index (χ2n) is 8.73. The fraction of sp³-hybridized carbons (Fsp3) is 0.0714. The monoisotopic (exact) mass is 559 g/mol. The summed E-state index contributed by atoms with van der Waals surface area (Å²) in [5.74, 6) is -0.467. The Bertz CT molecular complexity index is 1800. The number of hydrogen-bond acceptors (Lipinski definition) is 6. The fourth-order valence-corrected chi connectivity index (χ4v) is 5.16. The van der Waals surface area contributed by atoms with Crippen LogP contribution in [0.5, 0.6) is 0 Å². The first-order chi connectivity index (χ1) is 18.7. The van der Waals surface area contributed by atoms with E-state index in [1.54, 1.807) is 84.9 Å². The van der Waals surface area contributed by atoms with Gasteiger partial charge in [0.2, 0.25) is 5.91 Å². The summed E-state index contributed by atoms with van der Waals surface area (Å²) < 4.78 is 25.8. The highest BCUT2D eigenvalue weighted by Gasteiger charge is 2.19. The van der Waals surface area contributed by atoms with Crippen molar-refractivity contribution >= 4 is 55.7 Å². The minimum Gasteiger partial charge on any atom is -0.321 e. The maximum atomic E-state index is 13.2. The largest absolute Gasteiger partial charge is 0.321 e. The molecular formula is C28H22ClN5O4S. The van der Waals surface area contributed by atoms with Crippen molar-refractivity contribution in [3.63, 3.8) is 0 Å². The standard InChI is InChI=1S/C28H22ClN5O4S/c1-39(37,38)24-9-5-3-6-21(24)18-10-13-20(14-11-18)31-28(36)27-22-7-2-4-8-23(22)34(33-27)17-26(35)32-25-15-12-19(29)16-30-25/h2-16H,17H2,1H3,(H,31,36)(H,30,32,35). The molecule has 0 fully saturated rings. The number of benzene rings is 3. The predicted molar refractivity (Wildman–Crippen MR) is 151 cm³/mol. The lowest BCUT2D eigenvalue weighted by Crippen LogP contribution is -2.20. The van der Waals surface area contributed by atoms with Gasteiger partial charge in [-0.3, -0.25) is 14.3 Å². The number of carbonyl (C=O) groups is 2. The highest BCUT2D eigenvalue weighted by Crippen LogP contribution is 2.28. The van der Waals surface area contributed by atoms with Crippen LogP contribution in [0, 0.1) is 0 Å². The molecule has 0 unspecified atom stereocenters. The summed E-state index contributed by atoms with van der Waals surface area (Å²) in [7, 11) is -3.41. The van der Waals surface area contributed by atoms with Gasteiger partial charge in [0.05, 0.1) is 15.4 Å². The Labute approximate surface area is 229 Å². The van der Waals surface area contributed by atoms with Gasteiger partial charge in [0, 0.05) is 29.1 Å². The summed E-state index contributed by atoms with van der Waals surface area (Å²) in [6.45, 7) is -0.132. The second kappa shape index (κ2) is 10.7. The normalized spacial score (nSPS) is 11.3. The molecule has 0 aliphatic carbocycles. The number of hydrogen-bond donors (Lipinski definition) is 2. The number of carbonyl (C=O) groups excluding carboxylic acids is 2. The van der Waals surface area contributed by atoms with Gasteiger partial charge in [-0.15, -0.1) is 0 Å². The van der Waals surface area contributed by atoms with Crippen molar-refractivity contribution in [3.05, 3.63) is 102 Å². The minimum absolute atomic E-state index is 0.132. The fourth-order valence-electron chi connectivity index (χ4n) is 4.14. The van der Waals surface area contributed by atoms with E-state index in [1.165, 1.54) is 17.1 Å². The van der Waals surface area contributed by atoms with Gasteiger partial charge in [0.25, 0.3) is 5.91 Å². The van der Waals surface area contributed by atoms with E-state index in [1.807, 2.05) is 0 Å². The van der Waals surface area contributed by atoms with Crippen LogP contribution in [0.15, 0.2) is 96.0 Å². The number of aromatic nitrogens is 3. The van der Waals surface area contributed by atoms with E-state index in [0.29, 0.717) is 38.6 Å². The molecule has 0 aliphatic rings. The van der Waals surface area contributed by atoms with Crippen molar-refractivity contribution < 1.29 is 18.0 Å². The maximum Gasteiger partial charge on any atom is 0.276 e. The number of fused-ring (bicyclic) bond motifs is 1. The molecular weight excluding hydrogens is 538 g/mol. The third kappa shape index (κ3) is 5.82. The lowest BCUT2D eigenvalue weighted by Gasteiger charge is -2.09. The first-order valence-corrected chi connectivity index (χ1v) is 14.0. The lowest BCUT2D eigenvalue weighted by molar-refractivity contribution is -0.116. The molecule has 9 nitrogen and oxygen atoms in total. The molecule has 0 aliphatic heterocycles. The van der Waals surface area contributed by atoms with Crippen LogP contribution in [-0.2, 0) is 21.2 Å². The number of nitrogens with zero attached hydrogens (tertiary/aromatic N) is 3. The van der Waals surface area contributed by atoms with E-state index in [4.69, 9.17) is 11.6 Å². The molecule has 2 amide bonds. The maximum absolute atomic E-state index is 13.2. The zero-order valence-electron chi connectivity index (χ0n) is 20.6. The average Bonchev–Trinajstić information content (AvgIpc) is 3.28. The van der Waals surface area contributed by atoms with Gasteiger partial charge in [0.1, 0.15) is 12.4 Å². The molecule has 39 heavy (non-hydrogen) atoms. The second-order valence-corrected chi connectivity index (χ2v) is 11.2. The predicted octanol–water partition coefficient (Wildman–Crippen LogP) is 5.05. The molecule has 0 saturated carbocycles.